The van der Waals surface area contributed by atoms with Crippen LogP contribution < -0.4 is 0 Å². The fourth-order valence-electron chi connectivity index (χ4n) is 2.33. The van der Waals surface area contributed by atoms with Gasteiger partial charge in [0.25, 0.3) is 0 Å². The fourth-order valence-corrected chi connectivity index (χ4v) is 2.33. The van der Waals surface area contributed by atoms with Gasteiger partial charge in [0.05, 0.1) is 6.10 Å². The molecule has 0 aromatic carbocycles. The lowest BCUT2D eigenvalue weighted by atomic mass is 9.93. The van der Waals surface area contributed by atoms with Crippen molar-refractivity contribution < 1.29 is 33.3 Å². The van der Waals surface area contributed by atoms with Crippen molar-refractivity contribution in [3.05, 3.63) is 10.4 Å². The second-order valence-corrected chi connectivity index (χ2v) is 5.03. The Hall–Kier alpha value is -2.32. The predicted molar refractivity (Wildman–Crippen MR) is 75.0 cm³/mol. The summed E-state index contributed by atoms with van der Waals surface area (Å²) in [6.07, 6.45) is -3.48. The summed E-state index contributed by atoms with van der Waals surface area (Å²) in [5, 5.41) is 3.59. The minimum absolute atomic E-state index is 0.193. The molecule has 0 N–H and O–H groups in total. The molecule has 1 heterocycles. The Balaban J connectivity index is 3.09. The first-order valence-electron chi connectivity index (χ1n) is 6.93. The van der Waals surface area contributed by atoms with Gasteiger partial charge in [-0.1, -0.05) is 5.11 Å². The molecule has 1 unspecified atom stereocenters. The topological polar surface area (TPSA) is 137 Å². The van der Waals surface area contributed by atoms with Crippen LogP contribution in [0.3, 0.4) is 0 Å². The van der Waals surface area contributed by atoms with Crippen molar-refractivity contribution in [2.45, 2.75) is 58.2 Å². The van der Waals surface area contributed by atoms with E-state index in [0.717, 1.165) is 0 Å². The van der Waals surface area contributed by atoms with Crippen molar-refractivity contribution in [1.29, 1.82) is 0 Å². The van der Waals surface area contributed by atoms with Gasteiger partial charge in [-0.05, 0) is 12.5 Å². The van der Waals surface area contributed by atoms with Gasteiger partial charge in [-0.15, -0.1) is 0 Å². The maximum atomic E-state index is 11.3. The summed E-state index contributed by atoms with van der Waals surface area (Å²) in [6.45, 7) is 5.01. The van der Waals surface area contributed by atoms with Crippen LogP contribution in [0.1, 0.15) is 27.7 Å². The van der Waals surface area contributed by atoms with E-state index in [1.165, 1.54) is 20.8 Å². The van der Waals surface area contributed by atoms with Gasteiger partial charge in [-0.2, -0.15) is 0 Å². The minimum atomic E-state index is -1.05. The second kappa shape index (κ2) is 8.35. The standard InChI is InChI=1S/C13H19N3O7/c1-6-12(22-8(3)18)11(15-16-14)13(23-9(4)19)10(21-6)5-20-7(2)17/h6,10-13H,5H2,1-4H3/t6?,10-,11-,12+,13+/m1/s1. The molecule has 0 bridgehead atoms. The van der Waals surface area contributed by atoms with Gasteiger partial charge < -0.3 is 18.9 Å². The third-order valence-electron chi connectivity index (χ3n) is 3.13. The number of hydrogen-bond acceptors (Lipinski definition) is 8. The molecule has 0 aromatic rings. The first kappa shape index (κ1) is 18.7. The summed E-state index contributed by atoms with van der Waals surface area (Å²) in [6, 6.07) is -1.00. The zero-order valence-electron chi connectivity index (χ0n) is 13.3. The Morgan fingerprint density at radius 1 is 1.09 bits per heavy atom. The van der Waals surface area contributed by atoms with E-state index in [1.54, 1.807) is 6.92 Å². The van der Waals surface area contributed by atoms with E-state index in [9.17, 15) is 14.4 Å². The number of hydrogen-bond donors (Lipinski definition) is 0. The number of rotatable bonds is 5. The second-order valence-electron chi connectivity index (χ2n) is 5.03. The Labute approximate surface area is 132 Å². The molecule has 1 aliphatic heterocycles. The van der Waals surface area contributed by atoms with Crippen LogP contribution >= 0.6 is 0 Å². The molecule has 0 aliphatic carbocycles. The molecule has 1 aliphatic rings. The summed E-state index contributed by atoms with van der Waals surface area (Å²) in [7, 11) is 0. The van der Waals surface area contributed by atoms with E-state index in [0.29, 0.717) is 0 Å². The van der Waals surface area contributed by atoms with Crippen molar-refractivity contribution in [2.24, 2.45) is 5.11 Å². The molecular weight excluding hydrogens is 310 g/mol. The molecule has 0 saturated carbocycles. The quantitative estimate of drug-likeness (QED) is 0.240. The van der Waals surface area contributed by atoms with Gasteiger partial charge in [0.2, 0.25) is 0 Å². The minimum Gasteiger partial charge on any atom is -0.463 e. The SMILES string of the molecule is CC(=O)OC[C@H]1OC(C)[C@H](OC(C)=O)[C@@H](N=[N+]=[N-])[C@H]1OC(C)=O. The summed E-state index contributed by atoms with van der Waals surface area (Å²) >= 11 is 0. The number of azide groups is 1. The van der Waals surface area contributed by atoms with Crippen LogP contribution in [0.5, 0.6) is 0 Å². The summed E-state index contributed by atoms with van der Waals surface area (Å²) in [4.78, 5) is 36.3. The van der Waals surface area contributed by atoms with Crippen molar-refractivity contribution in [3.8, 4) is 0 Å². The van der Waals surface area contributed by atoms with Gasteiger partial charge >= 0.3 is 17.9 Å². The first-order chi connectivity index (χ1) is 10.8. The van der Waals surface area contributed by atoms with Gasteiger partial charge in [0, 0.05) is 25.7 Å². The average molecular weight is 329 g/mol. The van der Waals surface area contributed by atoms with E-state index in [-0.39, 0.29) is 6.61 Å². The number of esters is 3. The predicted octanol–water partition coefficient (Wildman–Crippen LogP) is 0.879. The summed E-state index contributed by atoms with van der Waals surface area (Å²) in [5.41, 5.74) is 8.76. The lowest BCUT2D eigenvalue weighted by Gasteiger charge is -2.42. The molecule has 1 fully saturated rings. The van der Waals surface area contributed by atoms with E-state index >= 15 is 0 Å². The summed E-state index contributed by atoms with van der Waals surface area (Å²) in [5.74, 6) is -1.77. The summed E-state index contributed by atoms with van der Waals surface area (Å²) < 4.78 is 20.8. The normalized spacial score (nSPS) is 29.8. The number of ether oxygens (including phenoxy) is 4. The highest BCUT2D eigenvalue weighted by Crippen LogP contribution is 2.28. The van der Waals surface area contributed by atoms with E-state index in [2.05, 4.69) is 10.0 Å². The molecule has 0 spiro atoms. The van der Waals surface area contributed by atoms with Crippen molar-refractivity contribution in [1.82, 2.24) is 0 Å². The van der Waals surface area contributed by atoms with Crippen LogP contribution in [0.25, 0.3) is 10.4 Å². The molecule has 5 atom stereocenters. The molecule has 10 nitrogen and oxygen atoms in total. The highest BCUT2D eigenvalue weighted by Gasteiger charge is 2.48. The Bertz CT molecular complexity index is 518. The molecule has 1 rings (SSSR count). The monoisotopic (exact) mass is 329 g/mol. The molecule has 128 valence electrons. The Morgan fingerprint density at radius 3 is 2.13 bits per heavy atom. The van der Waals surface area contributed by atoms with E-state index < -0.39 is 48.4 Å². The van der Waals surface area contributed by atoms with Gasteiger partial charge in [-0.25, -0.2) is 0 Å². The molecule has 1 saturated heterocycles. The zero-order chi connectivity index (χ0) is 17.6. The van der Waals surface area contributed by atoms with Crippen LogP contribution in [-0.4, -0.2) is 55.0 Å². The van der Waals surface area contributed by atoms with Crippen LogP contribution in [0, 0.1) is 0 Å². The molecule has 0 aromatic heterocycles. The lowest BCUT2D eigenvalue weighted by molar-refractivity contribution is -0.213. The van der Waals surface area contributed by atoms with Crippen molar-refractivity contribution in [2.75, 3.05) is 6.61 Å². The third-order valence-corrected chi connectivity index (χ3v) is 3.13. The molecular formula is C13H19N3O7. The van der Waals surface area contributed by atoms with Crippen molar-refractivity contribution in [3.63, 3.8) is 0 Å². The van der Waals surface area contributed by atoms with Crippen LogP contribution in [0.4, 0.5) is 0 Å². The van der Waals surface area contributed by atoms with E-state index in [4.69, 9.17) is 24.5 Å². The fraction of sp³-hybridized carbons (Fsp3) is 0.769. The molecule has 0 amide bonds. The van der Waals surface area contributed by atoms with Gasteiger partial charge in [0.1, 0.15) is 31.0 Å². The number of carbonyl (C=O) groups is 3. The maximum Gasteiger partial charge on any atom is 0.303 e. The van der Waals surface area contributed by atoms with E-state index in [1.807, 2.05) is 0 Å². The molecule has 0 radical (unpaired) electrons. The first-order valence-corrected chi connectivity index (χ1v) is 6.93. The number of carbonyl (C=O) groups excluding carboxylic acids is 3. The third kappa shape index (κ3) is 5.42. The highest BCUT2D eigenvalue weighted by molar-refractivity contribution is 5.67. The van der Waals surface area contributed by atoms with Gasteiger partial charge in [0.15, 0.2) is 0 Å². The molecule has 23 heavy (non-hydrogen) atoms. The van der Waals surface area contributed by atoms with Crippen LogP contribution in [-0.2, 0) is 33.3 Å². The van der Waals surface area contributed by atoms with Gasteiger partial charge in [-0.3, -0.25) is 14.4 Å². The highest BCUT2D eigenvalue weighted by atomic mass is 16.6. The average Bonchev–Trinajstić information content (AvgIpc) is 2.43. The number of nitrogens with zero attached hydrogens (tertiary/aromatic N) is 3. The largest absolute Gasteiger partial charge is 0.463 e. The Kier molecular flexibility index (Phi) is 6.80. The van der Waals surface area contributed by atoms with Crippen LogP contribution in [0.15, 0.2) is 5.11 Å². The Morgan fingerprint density at radius 2 is 1.65 bits per heavy atom. The maximum absolute atomic E-state index is 11.3. The molecule has 10 heteroatoms. The van der Waals surface area contributed by atoms with Crippen molar-refractivity contribution >= 4 is 17.9 Å². The zero-order valence-corrected chi connectivity index (χ0v) is 13.3. The smallest absolute Gasteiger partial charge is 0.303 e. The van der Waals surface area contributed by atoms with Crippen LogP contribution in [0.2, 0.25) is 0 Å². The lowest BCUT2D eigenvalue weighted by Crippen LogP contribution is -2.59.